The predicted octanol–water partition coefficient (Wildman–Crippen LogP) is 2.14. The number of pyridine rings is 4. The van der Waals surface area contributed by atoms with E-state index in [9.17, 15) is 26.3 Å². The van der Waals surface area contributed by atoms with Gasteiger partial charge in [-0.05, 0) is 55.5 Å². The maximum atomic E-state index is 10.7. The number of carboxylic acid groups (broad SMARTS) is 1. The quantitative estimate of drug-likeness (QED) is 0.121. The molecule has 0 unspecified atom stereocenters. The van der Waals surface area contributed by atoms with Gasteiger partial charge in [-0.2, -0.15) is 26.3 Å². The molecule has 0 aliphatic heterocycles. The average Bonchev–Trinajstić information content (AvgIpc) is 2.94. The van der Waals surface area contributed by atoms with Gasteiger partial charge < -0.3 is 30.0 Å². The number of hydrogen-bond acceptors (Lipinski definition) is 13. The minimum Gasteiger partial charge on any atom is -0.870 e. The largest absolute Gasteiger partial charge is 2.00 e. The van der Waals surface area contributed by atoms with Crippen LogP contribution in [0.4, 0.5) is 26.3 Å². The third-order valence-corrected chi connectivity index (χ3v) is 4.89. The zero-order valence-electron chi connectivity index (χ0n) is 23.4. The van der Waals surface area contributed by atoms with Crippen LogP contribution in [0, 0.1) is 0 Å². The molecule has 0 aromatic carbocycles. The summed E-state index contributed by atoms with van der Waals surface area (Å²) in [5.74, 6) is -1.08. The summed E-state index contributed by atoms with van der Waals surface area (Å²) in [6.45, 7) is 0.972. The van der Waals surface area contributed by atoms with Crippen LogP contribution in [0.25, 0.3) is 22.8 Å². The van der Waals surface area contributed by atoms with Crippen molar-refractivity contribution in [3.8, 4) is 22.8 Å². The Balaban J connectivity index is -0.000000163. The Labute approximate surface area is 290 Å². The minimum absolute atomic E-state index is 0. The molecule has 3 N–H and O–H groups in total. The Morgan fingerprint density at radius 3 is 0.792 bits per heavy atom. The van der Waals surface area contributed by atoms with Crippen LogP contribution < -0.4 is 5.11 Å². The molecule has 4 aromatic heterocycles. The molecule has 14 nitrogen and oxygen atoms in total. The van der Waals surface area contributed by atoms with Crippen LogP contribution in [-0.4, -0.2) is 73.8 Å². The Morgan fingerprint density at radius 1 is 0.562 bits per heavy atom. The number of hydrogen-bond donors (Lipinski definition) is 0. The molecule has 4 heterocycles. The second kappa shape index (κ2) is 25.4. The molecule has 0 saturated carbocycles. The van der Waals surface area contributed by atoms with Crippen molar-refractivity contribution in [1.82, 2.24) is 19.9 Å². The summed E-state index contributed by atoms with van der Waals surface area (Å²) in [6, 6.07) is 23.2. The zero-order valence-corrected chi connectivity index (χ0v) is 26.9. The van der Waals surface area contributed by atoms with Crippen molar-refractivity contribution in [2.24, 2.45) is 0 Å². The van der Waals surface area contributed by atoms with E-state index in [-0.39, 0.29) is 45.1 Å². The van der Waals surface area contributed by atoms with Crippen molar-refractivity contribution >= 4 is 26.2 Å². The standard InChI is InChI=1S/2C10H8N2.C2H4O2.2CHF3O3S.2Cu.2H2O/c2*1-3-7-11-9(5-1)10-6-2-4-8-12-10;1-2(3)4;2*2-1(3,4)8(5,6)7;;;;/h2*1-8H;1H3,(H,3,4);2*(H,5,6,7);;;2*1H2/q;;;;;2*+2;;/p-4. The molecular weight excluding hydrogens is 809 g/mol. The van der Waals surface area contributed by atoms with Crippen molar-refractivity contribution in [2.75, 3.05) is 0 Å². The molecule has 0 spiro atoms. The molecule has 2 radical (unpaired) electrons. The van der Waals surface area contributed by atoms with Crippen molar-refractivity contribution < 1.29 is 107 Å². The molecule has 0 saturated heterocycles. The SMILES string of the molecule is CC(=O)[O-].O.O=S(=O)([O-])C(F)(F)F.O=S(=O)([O-])C(F)(F)F.[Cu+2].[Cu+2].[OH-].c1ccc(-c2ccccn2)nc1.c1ccc(-c2ccccn2)nc1. The summed E-state index contributed by atoms with van der Waals surface area (Å²) in [5.41, 5.74) is -7.63. The van der Waals surface area contributed by atoms with Crippen LogP contribution in [0.2, 0.25) is 0 Å². The molecule has 0 fully saturated rings. The van der Waals surface area contributed by atoms with E-state index in [1.165, 1.54) is 0 Å². The van der Waals surface area contributed by atoms with Gasteiger partial charge in [-0.1, -0.05) is 24.3 Å². The van der Waals surface area contributed by atoms with Gasteiger partial charge in [0.1, 0.15) is 0 Å². The van der Waals surface area contributed by atoms with E-state index < -0.39 is 37.2 Å². The topological polar surface area (TPSA) is 268 Å². The molecule has 0 amide bonds. The first kappa shape index (κ1) is 53.9. The Morgan fingerprint density at radius 2 is 0.708 bits per heavy atom. The zero-order chi connectivity index (χ0) is 34.0. The number of carboxylic acids is 1. The van der Waals surface area contributed by atoms with Crippen LogP contribution >= 0.6 is 0 Å². The number of aromatic nitrogens is 4. The fourth-order valence-corrected chi connectivity index (χ4v) is 2.06. The fourth-order valence-electron chi connectivity index (χ4n) is 2.06. The van der Waals surface area contributed by atoms with Crippen molar-refractivity contribution in [3.05, 3.63) is 97.6 Å². The summed E-state index contributed by atoms with van der Waals surface area (Å²) in [6.07, 6.45) is 7.07. The van der Waals surface area contributed by atoms with Gasteiger partial charge in [-0.25, -0.2) is 16.8 Å². The Kier molecular flexibility index (Phi) is 28.6. The average molecular weight is 832 g/mol. The first-order valence-corrected chi connectivity index (χ1v) is 13.8. The number of nitrogens with zero attached hydrogens (tertiary/aromatic N) is 4. The monoisotopic (exact) mass is 830 g/mol. The second-order valence-electron chi connectivity index (χ2n) is 7.15. The summed E-state index contributed by atoms with van der Waals surface area (Å²) in [5, 5.41) is 8.89. The number of alkyl halides is 6. The molecule has 274 valence electrons. The smallest absolute Gasteiger partial charge is 0.870 e. The van der Waals surface area contributed by atoms with Crippen LogP contribution in [0.3, 0.4) is 0 Å². The molecule has 48 heavy (non-hydrogen) atoms. The van der Waals surface area contributed by atoms with E-state index in [0.29, 0.717) is 0 Å². The van der Waals surface area contributed by atoms with Crippen LogP contribution in [0.5, 0.6) is 0 Å². The molecule has 24 heteroatoms. The Hall–Kier alpha value is -3.57. The van der Waals surface area contributed by atoms with E-state index in [1.807, 2.05) is 72.8 Å². The summed E-state index contributed by atoms with van der Waals surface area (Å²) >= 11 is 0. The molecular formula is C24H22Cu2F6N4O10S2. The summed E-state index contributed by atoms with van der Waals surface area (Å²) in [7, 11) is -12.2. The predicted molar refractivity (Wildman–Crippen MR) is 143 cm³/mol. The first-order chi connectivity index (χ1) is 20.2. The minimum atomic E-state index is -6.09. The Bertz CT molecular complexity index is 1420. The molecule has 0 aliphatic carbocycles. The van der Waals surface area contributed by atoms with Gasteiger partial charge in [0, 0.05) is 30.8 Å². The van der Waals surface area contributed by atoms with Crippen LogP contribution in [0.15, 0.2) is 97.6 Å². The maximum absolute atomic E-state index is 10.7. The second-order valence-corrected chi connectivity index (χ2v) is 9.89. The third-order valence-electron chi connectivity index (χ3n) is 3.75. The number of carbonyl (C=O) groups is 1. The molecule has 0 bridgehead atoms. The summed E-state index contributed by atoms with van der Waals surface area (Å²) < 4.78 is 118. The molecule has 4 aromatic rings. The molecule has 0 aliphatic rings. The van der Waals surface area contributed by atoms with E-state index in [0.717, 1.165) is 29.7 Å². The van der Waals surface area contributed by atoms with Gasteiger partial charge >= 0.3 is 45.2 Å². The van der Waals surface area contributed by atoms with Crippen molar-refractivity contribution in [1.29, 1.82) is 0 Å². The number of rotatable bonds is 2. The fraction of sp³-hybridized carbons (Fsp3) is 0.125. The van der Waals surface area contributed by atoms with Crippen LogP contribution in [0.1, 0.15) is 6.92 Å². The van der Waals surface area contributed by atoms with Crippen molar-refractivity contribution in [2.45, 2.75) is 17.9 Å². The number of halogens is 6. The van der Waals surface area contributed by atoms with Gasteiger partial charge in [0.25, 0.3) is 0 Å². The van der Waals surface area contributed by atoms with Gasteiger partial charge in [-0.15, -0.1) is 0 Å². The normalized spacial score (nSPS) is 10.0. The molecule has 4 rings (SSSR count). The van der Waals surface area contributed by atoms with E-state index in [1.54, 1.807) is 24.8 Å². The van der Waals surface area contributed by atoms with Gasteiger partial charge in [0.2, 0.25) is 0 Å². The summed E-state index contributed by atoms with van der Waals surface area (Å²) in [4.78, 5) is 25.6. The van der Waals surface area contributed by atoms with E-state index >= 15 is 0 Å². The van der Waals surface area contributed by atoms with Crippen LogP contribution in [-0.2, 0) is 59.2 Å². The van der Waals surface area contributed by atoms with Gasteiger partial charge in [0.15, 0.2) is 20.2 Å². The maximum Gasteiger partial charge on any atom is 2.00 e. The number of carbonyl (C=O) groups excluding carboxylic acids is 1. The van der Waals surface area contributed by atoms with Gasteiger partial charge in [0.05, 0.1) is 22.8 Å². The van der Waals surface area contributed by atoms with Gasteiger partial charge in [-0.3, -0.25) is 19.9 Å². The van der Waals surface area contributed by atoms with E-state index in [4.69, 9.17) is 35.8 Å². The van der Waals surface area contributed by atoms with Crippen molar-refractivity contribution in [3.63, 3.8) is 0 Å². The van der Waals surface area contributed by atoms with E-state index in [2.05, 4.69) is 19.9 Å². The molecule has 0 atom stereocenters. The first-order valence-electron chi connectivity index (χ1n) is 11.0. The number of aliphatic carboxylic acids is 1. The third kappa shape index (κ3) is 24.6.